The van der Waals surface area contributed by atoms with Crippen LogP contribution in [-0.2, 0) is 21.4 Å². The molecule has 3 aromatic rings. The number of nitrogens with zero attached hydrogens (tertiary/aromatic N) is 3. The van der Waals surface area contributed by atoms with Gasteiger partial charge < -0.3 is 9.84 Å². The standard InChI is InChI=1S/C22H26N4O4S/c1-14-6-8-18(9-7-14)21-24-20(30-25-21)13-23-22(27)17(4)26(31(5,28)29)19-11-15(2)10-16(3)12-19/h6-12,17H,13H2,1-5H3,(H,23,27)/t17-/m0/s1. The number of sulfonamides is 1. The summed E-state index contributed by atoms with van der Waals surface area (Å²) in [6.45, 7) is 7.28. The van der Waals surface area contributed by atoms with E-state index in [0.717, 1.165) is 32.8 Å². The summed E-state index contributed by atoms with van der Waals surface area (Å²) in [6, 6.07) is 12.1. The number of aryl methyl sites for hydroxylation is 3. The van der Waals surface area contributed by atoms with Crippen molar-refractivity contribution >= 4 is 21.6 Å². The lowest BCUT2D eigenvalue weighted by Crippen LogP contribution is -2.47. The Labute approximate surface area is 182 Å². The summed E-state index contributed by atoms with van der Waals surface area (Å²) < 4.78 is 31.3. The number of hydrogen-bond donors (Lipinski definition) is 1. The van der Waals surface area contributed by atoms with E-state index in [2.05, 4.69) is 15.5 Å². The zero-order chi connectivity index (χ0) is 22.8. The SMILES string of the molecule is Cc1ccc(-c2noc(CNC(=O)[C@H](C)N(c3cc(C)cc(C)c3)S(C)(=O)=O)n2)cc1. The van der Waals surface area contributed by atoms with Gasteiger partial charge in [0.05, 0.1) is 18.5 Å². The molecule has 0 spiro atoms. The van der Waals surface area contributed by atoms with Crippen LogP contribution in [0.1, 0.15) is 29.5 Å². The second kappa shape index (κ2) is 8.89. The van der Waals surface area contributed by atoms with E-state index in [1.807, 2.05) is 51.1 Å². The van der Waals surface area contributed by atoms with Crippen molar-refractivity contribution in [2.45, 2.75) is 40.3 Å². The van der Waals surface area contributed by atoms with E-state index < -0.39 is 22.0 Å². The van der Waals surface area contributed by atoms with Crippen molar-refractivity contribution in [3.05, 3.63) is 65.0 Å². The van der Waals surface area contributed by atoms with Gasteiger partial charge in [-0.05, 0) is 51.0 Å². The molecule has 0 unspecified atom stereocenters. The van der Waals surface area contributed by atoms with Gasteiger partial charge in [0.1, 0.15) is 6.04 Å². The Hall–Kier alpha value is -3.20. The second-order valence-corrected chi connectivity index (χ2v) is 9.54. The summed E-state index contributed by atoms with van der Waals surface area (Å²) in [5, 5.41) is 6.62. The lowest BCUT2D eigenvalue weighted by molar-refractivity contribution is -0.122. The largest absolute Gasteiger partial charge is 0.345 e. The smallest absolute Gasteiger partial charge is 0.246 e. The van der Waals surface area contributed by atoms with Crippen LogP contribution in [0.15, 0.2) is 47.0 Å². The average molecular weight is 443 g/mol. The van der Waals surface area contributed by atoms with Crippen LogP contribution in [0.3, 0.4) is 0 Å². The number of carbonyl (C=O) groups is 1. The van der Waals surface area contributed by atoms with Crippen LogP contribution in [0, 0.1) is 20.8 Å². The molecular formula is C22H26N4O4S. The van der Waals surface area contributed by atoms with E-state index in [4.69, 9.17) is 4.52 Å². The minimum absolute atomic E-state index is 0.00746. The minimum Gasteiger partial charge on any atom is -0.345 e. The number of amides is 1. The fourth-order valence-electron chi connectivity index (χ4n) is 3.34. The Morgan fingerprint density at radius 2 is 1.68 bits per heavy atom. The molecule has 3 rings (SSSR count). The predicted molar refractivity (Wildman–Crippen MR) is 119 cm³/mol. The number of hydrogen-bond acceptors (Lipinski definition) is 6. The van der Waals surface area contributed by atoms with Crippen LogP contribution in [-0.4, -0.2) is 36.8 Å². The quantitative estimate of drug-likeness (QED) is 0.603. The first-order valence-corrected chi connectivity index (χ1v) is 11.6. The van der Waals surface area contributed by atoms with Gasteiger partial charge in [0.2, 0.25) is 27.6 Å². The van der Waals surface area contributed by atoms with E-state index in [1.54, 1.807) is 19.1 Å². The minimum atomic E-state index is -3.69. The summed E-state index contributed by atoms with van der Waals surface area (Å²) in [4.78, 5) is 17.0. The van der Waals surface area contributed by atoms with Crippen molar-refractivity contribution in [1.29, 1.82) is 0 Å². The molecule has 0 aliphatic rings. The van der Waals surface area contributed by atoms with E-state index >= 15 is 0 Å². The van der Waals surface area contributed by atoms with Gasteiger partial charge in [-0.1, -0.05) is 41.1 Å². The first-order chi connectivity index (χ1) is 14.5. The molecule has 164 valence electrons. The van der Waals surface area contributed by atoms with E-state index in [1.165, 1.54) is 0 Å². The molecule has 0 aliphatic carbocycles. The fourth-order valence-corrected chi connectivity index (χ4v) is 4.50. The molecule has 0 saturated heterocycles. The molecule has 9 heteroatoms. The Morgan fingerprint density at radius 1 is 1.06 bits per heavy atom. The molecule has 0 radical (unpaired) electrons. The first kappa shape index (κ1) is 22.5. The molecule has 0 aliphatic heterocycles. The number of aromatic nitrogens is 2. The van der Waals surface area contributed by atoms with Gasteiger partial charge >= 0.3 is 0 Å². The van der Waals surface area contributed by atoms with Crippen molar-refractivity contribution in [3.8, 4) is 11.4 Å². The highest BCUT2D eigenvalue weighted by molar-refractivity contribution is 7.92. The highest BCUT2D eigenvalue weighted by Crippen LogP contribution is 2.24. The highest BCUT2D eigenvalue weighted by Gasteiger charge is 2.29. The third kappa shape index (κ3) is 5.49. The Morgan fingerprint density at radius 3 is 2.26 bits per heavy atom. The zero-order valence-corrected chi connectivity index (χ0v) is 19.0. The van der Waals surface area contributed by atoms with Gasteiger partial charge in [0.25, 0.3) is 0 Å². The number of benzene rings is 2. The van der Waals surface area contributed by atoms with E-state index in [9.17, 15) is 13.2 Å². The molecular weight excluding hydrogens is 416 g/mol. The molecule has 8 nitrogen and oxygen atoms in total. The molecule has 1 amide bonds. The Balaban J connectivity index is 1.73. The first-order valence-electron chi connectivity index (χ1n) is 9.79. The van der Waals surface area contributed by atoms with Crippen LogP contribution in [0.25, 0.3) is 11.4 Å². The second-order valence-electron chi connectivity index (χ2n) is 7.68. The van der Waals surface area contributed by atoms with Crippen LogP contribution < -0.4 is 9.62 Å². The van der Waals surface area contributed by atoms with Crippen molar-refractivity contribution in [1.82, 2.24) is 15.5 Å². The van der Waals surface area contributed by atoms with Gasteiger partial charge in [-0.25, -0.2) is 8.42 Å². The van der Waals surface area contributed by atoms with Crippen molar-refractivity contribution in [3.63, 3.8) is 0 Å². The molecule has 0 fully saturated rings. The molecule has 2 aromatic carbocycles. The molecule has 1 N–H and O–H groups in total. The normalized spacial score (nSPS) is 12.4. The van der Waals surface area contributed by atoms with Gasteiger partial charge in [0.15, 0.2) is 0 Å². The Bertz CT molecular complexity index is 1170. The predicted octanol–water partition coefficient (Wildman–Crippen LogP) is 3.13. The molecule has 1 heterocycles. The fraction of sp³-hybridized carbons (Fsp3) is 0.318. The summed E-state index contributed by atoms with van der Waals surface area (Å²) in [5.41, 5.74) is 4.19. The van der Waals surface area contributed by atoms with E-state index in [0.29, 0.717) is 11.5 Å². The summed E-state index contributed by atoms with van der Waals surface area (Å²) in [5.74, 6) is 0.179. The third-order valence-corrected chi connectivity index (χ3v) is 5.98. The lowest BCUT2D eigenvalue weighted by Gasteiger charge is -2.28. The summed E-state index contributed by atoms with van der Waals surface area (Å²) in [7, 11) is -3.69. The highest BCUT2D eigenvalue weighted by atomic mass is 32.2. The van der Waals surface area contributed by atoms with Crippen LogP contribution >= 0.6 is 0 Å². The monoisotopic (exact) mass is 442 g/mol. The lowest BCUT2D eigenvalue weighted by atomic mass is 10.1. The van der Waals surface area contributed by atoms with Crippen molar-refractivity contribution < 1.29 is 17.7 Å². The zero-order valence-electron chi connectivity index (χ0n) is 18.2. The third-order valence-electron chi connectivity index (χ3n) is 4.74. The van der Waals surface area contributed by atoms with Crippen LogP contribution in [0.5, 0.6) is 0 Å². The maximum atomic E-state index is 12.8. The molecule has 0 saturated carbocycles. The van der Waals surface area contributed by atoms with Gasteiger partial charge in [-0.15, -0.1) is 0 Å². The molecule has 0 bridgehead atoms. The van der Waals surface area contributed by atoms with Crippen molar-refractivity contribution in [2.75, 3.05) is 10.6 Å². The Kier molecular flexibility index (Phi) is 6.45. The molecule has 1 atom stereocenters. The number of nitrogens with one attached hydrogen (secondary N) is 1. The topological polar surface area (TPSA) is 105 Å². The summed E-state index contributed by atoms with van der Waals surface area (Å²) in [6.07, 6.45) is 1.08. The van der Waals surface area contributed by atoms with Crippen molar-refractivity contribution in [2.24, 2.45) is 0 Å². The molecule has 31 heavy (non-hydrogen) atoms. The average Bonchev–Trinajstić information content (AvgIpc) is 3.14. The van der Waals surface area contributed by atoms with Gasteiger partial charge in [-0.2, -0.15) is 4.98 Å². The number of rotatable bonds is 7. The maximum absolute atomic E-state index is 12.8. The van der Waals surface area contributed by atoms with E-state index in [-0.39, 0.29) is 12.4 Å². The summed E-state index contributed by atoms with van der Waals surface area (Å²) >= 11 is 0. The van der Waals surface area contributed by atoms with Crippen LogP contribution in [0.2, 0.25) is 0 Å². The number of carbonyl (C=O) groups excluding carboxylic acids is 1. The molecule has 1 aromatic heterocycles. The van der Waals surface area contributed by atoms with Gasteiger partial charge in [-0.3, -0.25) is 9.10 Å². The maximum Gasteiger partial charge on any atom is 0.246 e. The van der Waals surface area contributed by atoms with Gasteiger partial charge in [0, 0.05) is 5.56 Å². The number of anilines is 1. The van der Waals surface area contributed by atoms with Crippen LogP contribution in [0.4, 0.5) is 5.69 Å².